The summed E-state index contributed by atoms with van der Waals surface area (Å²) in [5.41, 5.74) is 4.21. The third kappa shape index (κ3) is 4.45. The van der Waals surface area contributed by atoms with Crippen LogP contribution in [0.3, 0.4) is 0 Å². The number of benzene rings is 2. The van der Waals surface area contributed by atoms with Crippen molar-refractivity contribution in [2.45, 2.75) is 33.9 Å². The maximum atomic E-state index is 12.7. The second-order valence-corrected chi connectivity index (χ2v) is 7.00. The molecule has 0 aliphatic rings. The Morgan fingerprint density at radius 3 is 2.07 bits per heavy atom. The lowest BCUT2D eigenvalue weighted by Gasteiger charge is -2.14. The van der Waals surface area contributed by atoms with E-state index in [1.807, 2.05) is 32.9 Å². The largest absolute Gasteiger partial charge is 0.416 e. The van der Waals surface area contributed by atoms with Crippen molar-refractivity contribution in [3.63, 3.8) is 0 Å². The Hall–Kier alpha value is -3.22. The fourth-order valence-corrected chi connectivity index (χ4v) is 3.20. The van der Waals surface area contributed by atoms with Crippen molar-refractivity contribution in [1.29, 1.82) is 0 Å². The summed E-state index contributed by atoms with van der Waals surface area (Å²) >= 11 is 0. The average Bonchev–Trinajstić information content (AvgIpc) is 2.63. The Morgan fingerprint density at radius 1 is 0.966 bits per heavy atom. The summed E-state index contributed by atoms with van der Waals surface area (Å²) in [7, 11) is 0. The van der Waals surface area contributed by atoms with Crippen molar-refractivity contribution in [3.05, 3.63) is 76.1 Å². The summed E-state index contributed by atoms with van der Waals surface area (Å²) in [4.78, 5) is 21.2. The number of hydrogen-bond acceptors (Lipinski definition) is 3. The zero-order chi connectivity index (χ0) is 21.3. The predicted octanol–water partition coefficient (Wildman–Crippen LogP) is 5.65. The van der Waals surface area contributed by atoms with Gasteiger partial charge in [-0.2, -0.15) is 13.2 Å². The molecule has 1 amide bonds. The molecule has 1 N–H and O–H groups in total. The first-order valence-corrected chi connectivity index (χ1v) is 8.96. The molecule has 1 heterocycles. The highest BCUT2D eigenvalue weighted by Gasteiger charge is 2.30. The van der Waals surface area contributed by atoms with Crippen LogP contribution in [-0.4, -0.2) is 15.9 Å². The van der Waals surface area contributed by atoms with Crippen molar-refractivity contribution in [2.24, 2.45) is 0 Å². The lowest BCUT2D eigenvalue weighted by Crippen LogP contribution is -2.16. The van der Waals surface area contributed by atoms with E-state index in [4.69, 9.17) is 0 Å². The Labute approximate surface area is 166 Å². The van der Waals surface area contributed by atoms with Gasteiger partial charge in [-0.15, -0.1) is 0 Å². The maximum Gasteiger partial charge on any atom is 0.416 e. The maximum absolute atomic E-state index is 12.7. The summed E-state index contributed by atoms with van der Waals surface area (Å²) in [5, 5.41) is 2.90. The molecule has 0 radical (unpaired) electrons. The molecule has 0 saturated heterocycles. The lowest BCUT2D eigenvalue weighted by molar-refractivity contribution is -0.137. The fraction of sp³-hybridized carbons (Fsp3) is 0.227. The molecule has 1 aromatic heterocycles. The topological polar surface area (TPSA) is 54.9 Å². The number of rotatable bonds is 3. The van der Waals surface area contributed by atoms with Gasteiger partial charge in [-0.3, -0.25) is 4.79 Å². The second-order valence-electron chi connectivity index (χ2n) is 7.00. The predicted molar refractivity (Wildman–Crippen MR) is 106 cm³/mol. The molecule has 0 bridgehead atoms. The Bertz CT molecular complexity index is 1050. The number of amides is 1. The third-order valence-corrected chi connectivity index (χ3v) is 4.61. The first-order chi connectivity index (χ1) is 13.6. The van der Waals surface area contributed by atoms with E-state index in [9.17, 15) is 18.0 Å². The van der Waals surface area contributed by atoms with Gasteiger partial charge in [0, 0.05) is 17.4 Å². The van der Waals surface area contributed by atoms with Crippen LogP contribution in [0.1, 0.15) is 38.3 Å². The summed E-state index contributed by atoms with van der Waals surface area (Å²) in [6.07, 6.45) is -3.01. The standard InChI is InChI=1S/C22H20F3N3O/c1-12-9-13(2)19(14(3)10-12)28-21(29)18-11-26-20(27-15(18)4)16-5-7-17(8-6-16)22(23,24)25/h5-11H,1-4H3,(H,28,29). The molecule has 3 aromatic rings. The van der Waals surface area contributed by atoms with Crippen molar-refractivity contribution < 1.29 is 18.0 Å². The molecule has 0 saturated carbocycles. The van der Waals surface area contributed by atoms with Gasteiger partial charge in [0.2, 0.25) is 0 Å². The number of anilines is 1. The quantitative estimate of drug-likeness (QED) is 0.619. The molecule has 2 aromatic carbocycles. The van der Waals surface area contributed by atoms with Crippen LogP contribution in [0.25, 0.3) is 11.4 Å². The zero-order valence-corrected chi connectivity index (χ0v) is 16.5. The fourth-order valence-electron chi connectivity index (χ4n) is 3.20. The van der Waals surface area contributed by atoms with Crippen LogP contribution < -0.4 is 5.32 Å². The molecule has 29 heavy (non-hydrogen) atoms. The first-order valence-electron chi connectivity index (χ1n) is 8.96. The van der Waals surface area contributed by atoms with Crippen LogP contribution in [0.4, 0.5) is 18.9 Å². The van der Waals surface area contributed by atoms with Crippen LogP contribution in [0, 0.1) is 27.7 Å². The van der Waals surface area contributed by atoms with Crippen molar-refractivity contribution in [3.8, 4) is 11.4 Å². The van der Waals surface area contributed by atoms with Gasteiger partial charge in [-0.1, -0.05) is 29.8 Å². The molecule has 0 unspecified atom stereocenters. The highest BCUT2D eigenvalue weighted by atomic mass is 19.4. The van der Waals surface area contributed by atoms with E-state index in [-0.39, 0.29) is 11.7 Å². The molecular weight excluding hydrogens is 379 g/mol. The van der Waals surface area contributed by atoms with Gasteiger partial charge >= 0.3 is 6.18 Å². The van der Waals surface area contributed by atoms with Crippen molar-refractivity contribution >= 4 is 11.6 Å². The van der Waals surface area contributed by atoms with E-state index in [0.717, 1.165) is 34.5 Å². The number of halogens is 3. The number of aryl methyl sites for hydroxylation is 4. The van der Waals surface area contributed by atoms with Gasteiger partial charge in [0.25, 0.3) is 5.91 Å². The lowest BCUT2D eigenvalue weighted by atomic mass is 10.0. The van der Waals surface area contributed by atoms with Crippen molar-refractivity contribution in [2.75, 3.05) is 5.32 Å². The molecule has 0 aliphatic carbocycles. The van der Waals surface area contributed by atoms with Gasteiger partial charge in [0.1, 0.15) is 0 Å². The van der Waals surface area contributed by atoms with Crippen molar-refractivity contribution in [1.82, 2.24) is 9.97 Å². The molecule has 7 heteroatoms. The van der Waals surface area contributed by atoms with E-state index in [1.54, 1.807) is 6.92 Å². The van der Waals surface area contributed by atoms with Crippen LogP contribution in [0.2, 0.25) is 0 Å². The summed E-state index contributed by atoms with van der Waals surface area (Å²) in [5.74, 6) is -0.0769. The Kier molecular flexibility index (Phi) is 5.42. The zero-order valence-electron chi connectivity index (χ0n) is 16.5. The van der Waals surface area contributed by atoms with Gasteiger partial charge in [0.15, 0.2) is 5.82 Å². The third-order valence-electron chi connectivity index (χ3n) is 4.61. The SMILES string of the molecule is Cc1cc(C)c(NC(=O)c2cnc(-c3ccc(C(F)(F)F)cc3)nc2C)c(C)c1. The average molecular weight is 399 g/mol. The van der Waals surface area contributed by atoms with Crippen LogP contribution in [0.15, 0.2) is 42.6 Å². The minimum absolute atomic E-state index is 0.260. The minimum Gasteiger partial charge on any atom is -0.321 e. The first kappa shape index (κ1) is 20.5. The summed E-state index contributed by atoms with van der Waals surface area (Å²) in [6.45, 7) is 7.50. The minimum atomic E-state index is -4.40. The van der Waals surface area contributed by atoms with Crippen LogP contribution in [0.5, 0.6) is 0 Å². The van der Waals surface area contributed by atoms with E-state index in [2.05, 4.69) is 15.3 Å². The molecule has 0 aliphatic heterocycles. The molecule has 3 rings (SSSR count). The highest BCUT2D eigenvalue weighted by molar-refractivity contribution is 6.05. The number of nitrogens with one attached hydrogen (secondary N) is 1. The Balaban J connectivity index is 1.85. The molecular formula is C22H20F3N3O. The van der Waals surface area contributed by atoms with Gasteiger partial charge in [-0.05, 0) is 51.0 Å². The number of alkyl halides is 3. The molecule has 150 valence electrons. The molecule has 0 spiro atoms. The van der Waals surface area contributed by atoms with E-state index >= 15 is 0 Å². The normalized spacial score (nSPS) is 11.4. The highest BCUT2D eigenvalue weighted by Crippen LogP contribution is 2.30. The second kappa shape index (κ2) is 7.66. The van der Waals surface area contributed by atoms with Crippen LogP contribution in [-0.2, 0) is 6.18 Å². The number of carbonyl (C=O) groups excluding carboxylic acids is 1. The monoisotopic (exact) mass is 399 g/mol. The molecule has 0 fully saturated rings. The number of carbonyl (C=O) groups is 1. The van der Waals surface area contributed by atoms with Gasteiger partial charge in [0.05, 0.1) is 16.8 Å². The number of nitrogens with zero attached hydrogens (tertiary/aromatic N) is 2. The van der Waals surface area contributed by atoms with Crippen LogP contribution >= 0.6 is 0 Å². The number of hydrogen-bond donors (Lipinski definition) is 1. The molecule has 0 atom stereocenters. The summed E-state index contributed by atoms with van der Waals surface area (Å²) in [6, 6.07) is 8.57. The number of aromatic nitrogens is 2. The Morgan fingerprint density at radius 2 is 1.55 bits per heavy atom. The van der Waals surface area contributed by atoms with E-state index in [1.165, 1.54) is 18.3 Å². The van der Waals surface area contributed by atoms with Gasteiger partial charge < -0.3 is 5.32 Å². The smallest absolute Gasteiger partial charge is 0.321 e. The summed E-state index contributed by atoms with van der Waals surface area (Å²) < 4.78 is 38.1. The van der Waals surface area contributed by atoms with Gasteiger partial charge in [-0.25, -0.2) is 9.97 Å². The van der Waals surface area contributed by atoms with E-state index < -0.39 is 11.7 Å². The molecule has 4 nitrogen and oxygen atoms in total. The van der Waals surface area contributed by atoms with E-state index in [0.29, 0.717) is 16.8 Å².